The third-order valence-electron chi connectivity index (χ3n) is 4.91. The van der Waals surface area contributed by atoms with Crippen LogP contribution in [0, 0.1) is 5.82 Å². The van der Waals surface area contributed by atoms with Crippen LogP contribution >= 0.6 is 0 Å². The maximum atomic E-state index is 13.6. The molecule has 0 saturated heterocycles. The van der Waals surface area contributed by atoms with Gasteiger partial charge in [-0.3, -0.25) is 4.79 Å². The van der Waals surface area contributed by atoms with Gasteiger partial charge in [0.25, 0.3) is 0 Å². The molecular weight excluding hydrogens is 435 g/mol. The van der Waals surface area contributed by atoms with Gasteiger partial charge in [-0.15, -0.1) is 0 Å². The monoisotopic (exact) mass is 454 g/mol. The quantitative estimate of drug-likeness (QED) is 0.303. The molecular formula is C27H19FN2O4. The zero-order valence-electron chi connectivity index (χ0n) is 17.9. The number of ether oxygens (including phenoxy) is 2. The van der Waals surface area contributed by atoms with Gasteiger partial charge in [0.05, 0.1) is 0 Å². The van der Waals surface area contributed by atoms with E-state index in [-0.39, 0.29) is 11.7 Å². The lowest BCUT2D eigenvalue weighted by Crippen LogP contribution is -2.38. The van der Waals surface area contributed by atoms with Crippen molar-refractivity contribution in [2.24, 2.45) is 0 Å². The maximum Gasteiger partial charge on any atom is 0.321 e. The van der Waals surface area contributed by atoms with Gasteiger partial charge in [0.1, 0.15) is 22.8 Å². The molecule has 0 aliphatic rings. The van der Waals surface area contributed by atoms with Crippen molar-refractivity contribution in [2.45, 2.75) is 6.29 Å². The minimum absolute atomic E-state index is 0.288. The standard InChI is InChI=1S/C27H19FN2O4/c28-19-9-7-8-18(16-19)26-30-23-17-20(14-15-24(23)34-26)29-25(31)27(32-21-10-3-1-4-11-21)33-22-12-5-2-6-13-22/h1-17,27H,(H,29,31). The average Bonchev–Trinajstić information content (AvgIpc) is 3.28. The van der Waals surface area contributed by atoms with E-state index in [1.54, 1.807) is 54.6 Å². The molecule has 0 unspecified atom stereocenters. The van der Waals surface area contributed by atoms with Gasteiger partial charge in [-0.25, -0.2) is 9.37 Å². The largest absolute Gasteiger partial charge is 0.446 e. The number of oxazole rings is 1. The number of fused-ring (bicyclic) bond motifs is 1. The normalized spacial score (nSPS) is 10.9. The Hall–Kier alpha value is -4.65. The molecule has 1 aromatic heterocycles. The summed E-state index contributed by atoms with van der Waals surface area (Å²) in [6.45, 7) is 0. The van der Waals surface area contributed by atoms with E-state index in [0.717, 1.165) is 0 Å². The summed E-state index contributed by atoms with van der Waals surface area (Å²) < 4.78 is 30.9. The number of anilines is 1. The number of nitrogens with zero attached hydrogens (tertiary/aromatic N) is 1. The summed E-state index contributed by atoms with van der Waals surface area (Å²) in [5, 5.41) is 2.80. The number of rotatable bonds is 7. The lowest BCUT2D eigenvalue weighted by atomic mass is 10.2. The van der Waals surface area contributed by atoms with E-state index in [4.69, 9.17) is 13.9 Å². The molecule has 0 radical (unpaired) electrons. The van der Waals surface area contributed by atoms with Crippen molar-refractivity contribution in [3.63, 3.8) is 0 Å². The Morgan fingerprint density at radius 1 is 0.824 bits per heavy atom. The summed E-state index contributed by atoms with van der Waals surface area (Å²) in [7, 11) is 0. The molecule has 0 fully saturated rings. The first-order valence-corrected chi connectivity index (χ1v) is 10.5. The smallest absolute Gasteiger partial charge is 0.321 e. The van der Waals surface area contributed by atoms with Crippen molar-refractivity contribution >= 4 is 22.7 Å². The van der Waals surface area contributed by atoms with Gasteiger partial charge in [0.2, 0.25) is 5.89 Å². The SMILES string of the molecule is O=C(Nc1ccc2oc(-c3cccc(F)c3)nc2c1)C(Oc1ccccc1)Oc1ccccc1. The first-order chi connectivity index (χ1) is 16.6. The number of hydrogen-bond donors (Lipinski definition) is 1. The number of halogens is 1. The maximum absolute atomic E-state index is 13.6. The summed E-state index contributed by atoms with van der Waals surface area (Å²) in [5.41, 5.74) is 2.03. The summed E-state index contributed by atoms with van der Waals surface area (Å²) in [5.74, 6) is 0.391. The van der Waals surface area contributed by atoms with Gasteiger partial charge >= 0.3 is 12.2 Å². The van der Waals surface area contributed by atoms with Crippen molar-refractivity contribution in [1.82, 2.24) is 4.98 Å². The second-order valence-corrected chi connectivity index (χ2v) is 7.39. The van der Waals surface area contributed by atoms with E-state index in [9.17, 15) is 9.18 Å². The Morgan fingerprint density at radius 2 is 1.50 bits per heavy atom. The van der Waals surface area contributed by atoms with Gasteiger partial charge in [-0.05, 0) is 60.7 Å². The Morgan fingerprint density at radius 3 is 2.15 bits per heavy atom. The van der Waals surface area contributed by atoms with Gasteiger partial charge in [-0.2, -0.15) is 0 Å². The van der Waals surface area contributed by atoms with Crippen molar-refractivity contribution in [3.05, 3.63) is 109 Å². The molecule has 0 bridgehead atoms. The Labute approximate surface area is 194 Å². The summed E-state index contributed by atoms with van der Waals surface area (Å²) in [4.78, 5) is 17.5. The molecule has 0 aliphatic carbocycles. The third kappa shape index (κ3) is 4.88. The lowest BCUT2D eigenvalue weighted by molar-refractivity contribution is -0.134. The molecule has 5 rings (SSSR count). The molecule has 1 heterocycles. The number of carbonyl (C=O) groups excluding carboxylic acids is 1. The molecule has 0 saturated carbocycles. The molecule has 0 aliphatic heterocycles. The second kappa shape index (κ2) is 9.46. The van der Waals surface area contributed by atoms with Crippen LogP contribution in [0.15, 0.2) is 108 Å². The number of carbonyl (C=O) groups is 1. The Kier molecular flexibility index (Phi) is 5.90. The lowest BCUT2D eigenvalue weighted by Gasteiger charge is -2.20. The third-order valence-corrected chi connectivity index (χ3v) is 4.91. The molecule has 1 amide bonds. The highest BCUT2D eigenvalue weighted by atomic mass is 19.1. The van der Waals surface area contributed by atoms with Crippen LogP contribution in [0.3, 0.4) is 0 Å². The number of amides is 1. The first-order valence-electron chi connectivity index (χ1n) is 10.5. The fourth-order valence-electron chi connectivity index (χ4n) is 3.33. The number of benzene rings is 4. The minimum atomic E-state index is -1.24. The molecule has 6 nitrogen and oxygen atoms in total. The number of para-hydroxylation sites is 2. The van der Waals surface area contributed by atoms with Crippen LogP contribution in [0.1, 0.15) is 0 Å². The average molecular weight is 454 g/mol. The van der Waals surface area contributed by atoms with Crippen LogP contribution in [0.2, 0.25) is 0 Å². The molecule has 1 N–H and O–H groups in total. The van der Waals surface area contributed by atoms with Crippen molar-refractivity contribution in [2.75, 3.05) is 5.32 Å². The van der Waals surface area contributed by atoms with E-state index < -0.39 is 12.2 Å². The van der Waals surface area contributed by atoms with Gasteiger partial charge in [-0.1, -0.05) is 42.5 Å². The van der Waals surface area contributed by atoms with Gasteiger partial charge in [0, 0.05) is 11.3 Å². The molecule has 7 heteroatoms. The number of hydrogen-bond acceptors (Lipinski definition) is 5. The predicted molar refractivity (Wildman–Crippen MR) is 126 cm³/mol. The zero-order chi connectivity index (χ0) is 23.3. The second-order valence-electron chi connectivity index (χ2n) is 7.39. The predicted octanol–water partition coefficient (Wildman–Crippen LogP) is 6.06. The minimum Gasteiger partial charge on any atom is -0.446 e. The molecule has 5 aromatic rings. The van der Waals surface area contributed by atoms with E-state index >= 15 is 0 Å². The summed E-state index contributed by atoms with van der Waals surface area (Å²) in [6.07, 6.45) is -1.24. The van der Waals surface area contributed by atoms with Crippen LogP contribution in [-0.2, 0) is 4.79 Å². The molecule has 0 atom stereocenters. The Balaban J connectivity index is 1.37. The molecule has 0 spiro atoms. The van der Waals surface area contributed by atoms with E-state index in [2.05, 4.69) is 10.3 Å². The highest BCUT2D eigenvalue weighted by molar-refractivity contribution is 5.95. The number of nitrogens with one attached hydrogen (secondary N) is 1. The fourth-order valence-corrected chi connectivity index (χ4v) is 3.33. The summed E-state index contributed by atoms with van der Waals surface area (Å²) >= 11 is 0. The van der Waals surface area contributed by atoms with Crippen LogP contribution < -0.4 is 14.8 Å². The van der Waals surface area contributed by atoms with E-state index in [1.807, 2.05) is 36.4 Å². The van der Waals surface area contributed by atoms with Crippen LogP contribution in [0.25, 0.3) is 22.6 Å². The van der Waals surface area contributed by atoms with Crippen LogP contribution in [-0.4, -0.2) is 17.2 Å². The highest BCUT2D eigenvalue weighted by Crippen LogP contribution is 2.27. The zero-order valence-corrected chi connectivity index (χ0v) is 17.9. The van der Waals surface area contributed by atoms with Crippen molar-refractivity contribution < 1.29 is 23.1 Å². The first kappa shape index (κ1) is 21.2. The van der Waals surface area contributed by atoms with Gasteiger partial charge < -0.3 is 19.2 Å². The van der Waals surface area contributed by atoms with Crippen LogP contribution in [0.5, 0.6) is 11.5 Å². The molecule has 168 valence electrons. The fraction of sp³-hybridized carbons (Fsp3) is 0.0370. The highest BCUT2D eigenvalue weighted by Gasteiger charge is 2.23. The topological polar surface area (TPSA) is 73.6 Å². The molecule has 34 heavy (non-hydrogen) atoms. The van der Waals surface area contributed by atoms with E-state index in [0.29, 0.717) is 33.8 Å². The summed E-state index contributed by atoms with van der Waals surface area (Å²) in [6, 6.07) is 28.9. The number of aromatic nitrogens is 1. The van der Waals surface area contributed by atoms with Gasteiger partial charge in [0.15, 0.2) is 5.58 Å². The van der Waals surface area contributed by atoms with Crippen molar-refractivity contribution in [3.8, 4) is 23.0 Å². The van der Waals surface area contributed by atoms with E-state index in [1.165, 1.54) is 12.1 Å². The Bertz CT molecular complexity index is 1380. The molecule has 4 aromatic carbocycles. The van der Waals surface area contributed by atoms with Crippen LogP contribution in [0.4, 0.5) is 10.1 Å². The van der Waals surface area contributed by atoms with Crippen molar-refractivity contribution in [1.29, 1.82) is 0 Å².